The lowest BCUT2D eigenvalue weighted by molar-refractivity contribution is -0.143. The number of alkyl halides is 6. The quantitative estimate of drug-likeness (QED) is 0.247. The number of aromatic nitrogens is 2. The van der Waals surface area contributed by atoms with Crippen molar-refractivity contribution in [1.82, 2.24) is 19.8 Å². The van der Waals surface area contributed by atoms with Gasteiger partial charge in [-0.3, -0.25) is 0 Å². The van der Waals surface area contributed by atoms with Crippen LogP contribution in [-0.2, 0) is 23.6 Å². The summed E-state index contributed by atoms with van der Waals surface area (Å²) in [6.45, 7) is 1.94. The van der Waals surface area contributed by atoms with Gasteiger partial charge in [0.2, 0.25) is 5.95 Å². The summed E-state index contributed by atoms with van der Waals surface area (Å²) in [7, 11) is 1.43. The zero-order valence-electron chi connectivity index (χ0n) is 22.6. The third kappa shape index (κ3) is 8.00. The van der Waals surface area contributed by atoms with Gasteiger partial charge in [0, 0.05) is 32.5 Å². The highest BCUT2D eigenvalue weighted by Crippen LogP contribution is 2.37. The number of thioether (sulfide) groups is 1. The fraction of sp³-hybridized carbons (Fsp3) is 0.481. The summed E-state index contributed by atoms with van der Waals surface area (Å²) in [6.07, 6.45) is -0.0224. The first-order chi connectivity index (χ1) is 19.5. The van der Waals surface area contributed by atoms with Crippen LogP contribution in [0, 0.1) is 0 Å². The van der Waals surface area contributed by atoms with Crippen LogP contribution in [0.3, 0.4) is 0 Å². The normalized spacial score (nSPS) is 17.9. The number of rotatable bonds is 11. The maximum atomic E-state index is 13.6. The molecule has 1 aromatic carbocycles. The predicted molar refractivity (Wildman–Crippen MR) is 144 cm³/mol. The van der Waals surface area contributed by atoms with E-state index in [1.807, 2.05) is 12.3 Å². The Morgan fingerprint density at radius 2 is 1.63 bits per heavy atom. The van der Waals surface area contributed by atoms with Gasteiger partial charge in [0.15, 0.2) is 5.75 Å². The number of benzene rings is 1. The van der Waals surface area contributed by atoms with E-state index in [4.69, 9.17) is 9.47 Å². The first-order valence-electron chi connectivity index (χ1n) is 12.9. The van der Waals surface area contributed by atoms with E-state index in [1.165, 1.54) is 19.5 Å². The van der Waals surface area contributed by atoms with Crippen LogP contribution >= 0.6 is 11.8 Å². The smallest absolute Gasteiger partial charge is 0.416 e. The fourth-order valence-corrected chi connectivity index (χ4v) is 4.95. The van der Waals surface area contributed by atoms with E-state index in [2.05, 4.69) is 20.2 Å². The lowest BCUT2D eigenvalue weighted by Gasteiger charge is -2.39. The summed E-state index contributed by atoms with van der Waals surface area (Å²) >= 11 is 1.65. The SMILES string of the molecule is COC1C=CC(N2CCCC2)=C(CNc2ncc(OCCSC)cn2)N1Cc1cc(C(F)(F)F)cc(C(F)(F)F)c1. The molecule has 1 aromatic heterocycles. The predicted octanol–water partition coefficient (Wildman–Crippen LogP) is 6.02. The highest BCUT2D eigenvalue weighted by molar-refractivity contribution is 7.98. The Hall–Kier alpha value is -3.13. The van der Waals surface area contributed by atoms with Crippen LogP contribution < -0.4 is 10.1 Å². The number of hydrogen-bond acceptors (Lipinski definition) is 8. The van der Waals surface area contributed by atoms with E-state index in [0.29, 0.717) is 18.1 Å². The molecule has 1 fully saturated rings. The number of nitrogens with zero attached hydrogens (tertiary/aromatic N) is 4. The van der Waals surface area contributed by atoms with Crippen molar-refractivity contribution in [2.75, 3.05) is 50.7 Å². The first kappa shape index (κ1) is 30.8. The maximum Gasteiger partial charge on any atom is 0.416 e. The molecule has 0 saturated carbocycles. The van der Waals surface area contributed by atoms with Crippen LogP contribution in [-0.4, -0.2) is 71.4 Å². The van der Waals surface area contributed by atoms with E-state index in [0.717, 1.165) is 49.5 Å². The van der Waals surface area contributed by atoms with Gasteiger partial charge in [-0.1, -0.05) is 0 Å². The summed E-state index contributed by atoms with van der Waals surface area (Å²) in [6, 6.07) is 1.63. The van der Waals surface area contributed by atoms with E-state index in [9.17, 15) is 26.3 Å². The highest BCUT2D eigenvalue weighted by atomic mass is 32.2. The molecule has 1 saturated heterocycles. The van der Waals surface area contributed by atoms with E-state index < -0.39 is 29.7 Å². The third-order valence-electron chi connectivity index (χ3n) is 6.66. The summed E-state index contributed by atoms with van der Waals surface area (Å²) in [4.78, 5) is 12.4. The minimum absolute atomic E-state index is 0.132. The number of likely N-dealkylation sites (tertiary alicyclic amines) is 1. The molecule has 1 N–H and O–H groups in total. The number of methoxy groups -OCH3 is 1. The Balaban J connectivity index is 1.65. The van der Waals surface area contributed by atoms with Crippen molar-refractivity contribution in [3.8, 4) is 5.75 Å². The van der Waals surface area contributed by atoms with Gasteiger partial charge >= 0.3 is 12.4 Å². The molecule has 41 heavy (non-hydrogen) atoms. The van der Waals surface area contributed by atoms with Crippen LogP contribution in [0.2, 0.25) is 0 Å². The molecular formula is C27H31F6N5O2S. The molecule has 3 heterocycles. The lowest BCUT2D eigenvalue weighted by atomic mass is 10.0. The number of allylic oxidation sites excluding steroid dienone is 1. The van der Waals surface area contributed by atoms with Gasteiger partial charge < -0.3 is 24.6 Å². The topological polar surface area (TPSA) is 62.8 Å². The molecule has 14 heteroatoms. The van der Waals surface area contributed by atoms with Crippen LogP contribution in [0.25, 0.3) is 0 Å². The summed E-state index contributed by atoms with van der Waals surface area (Å²) in [5.74, 6) is 1.61. The Morgan fingerprint density at radius 1 is 1.00 bits per heavy atom. The van der Waals surface area contributed by atoms with Crippen molar-refractivity contribution in [2.45, 2.75) is 38.0 Å². The standard InChI is InChI=1S/C27H31F6N5O2S/c1-39-24-6-5-22(37-7-3-4-8-37)23(16-36-25-34-14-21(15-35-25)40-9-10-41-2)38(24)17-18-11-19(26(28,29)30)13-20(12-18)27(31,32)33/h5-6,11-15,24H,3-4,7-10,16-17H2,1-2H3,(H,34,35,36). The molecule has 2 aromatic rings. The van der Waals surface area contributed by atoms with Gasteiger partial charge in [-0.2, -0.15) is 38.1 Å². The highest BCUT2D eigenvalue weighted by Gasteiger charge is 2.37. The molecule has 0 aliphatic carbocycles. The molecule has 0 spiro atoms. The Labute approximate surface area is 238 Å². The number of halogens is 6. The van der Waals surface area contributed by atoms with Crippen molar-refractivity contribution in [2.24, 2.45) is 0 Å². The Morgan fingerprint density at radius 3 is 2.20 bits per heavy atom. The van der Waals surface area contributed by atoms with E-state index >= 15 is 0 Å². The number of ether oxygens (including phenoxy) is 2. The fourth-order valence-electron chi connectivity index (χ4n) is 4.70. The molecule has 0 bridgehead atoms. The average Bonchev–Trinajstić information content (AvgIpc) is 3.47. The summed E-state index contributed by atoms with van der Waals surface area (Å²) in [5.41, 5.74) is -1.42. The Kier molecular flexibility index (Phi) is 9.95. The minimum Gasteiger partial charge on any atom is -0.489 e. The van der Waals surface area contributed by atoms with E-state index in [1.54, 1.807) is 22.7 Å². The van der Waals surface area contributed by atoms with Crippen LogP contribution in [0.4, 0.5) is 32.3 Å². The number of nitrogens with one attached hydrogen (secondary N) is 1. The number of anilines is 1. The largest absolute Gasteiger partial charge is 0.489 e. The Bertz CT molecular complexity index is 1200. The lowest BCUT2D eigenvalue weighted by Crippen LogP contribution is -2.41. The van der Waals surface area contributed by atoms with Gasteiger partial charge in [0.05, 0.1) is 48.1 Å². The van der Waals surface area contributed by atoms with Crippen molar-refractivity contribution in [3.05, 3.63) is 70.8 Å². The molecule has 7 nitrogen and oxygen atoms in total. The van der Waals surface area contributed by atoms with Gasteiger partial charge in [0.1, 0.15) is 6.23 Å². The zero-order chi connectivity index (χ0) is 29.6. The molecular weight excluding hydrogens is 572 g/mol. The summed E-state index contributed by atoms with van der Waals surface area (Å²) in [5, 5.41) is 3.14. The number of hydrogen-bond donors (Lipinski definition) is 1. The minimum atomic E-state index is -4.94. The van der Waals surface area contributed by atoms with Crippen LogP contribution in [0.1, 0.15) is 29.5 Å². The summed E-state index contributed by atoms with van der Waals surface area (Å²) < 4.78 is 92.5. The van der Waals surface area contributed by atoms with Crippen LogP contribution in [0.15, 0.2) is 54.1 Å². The zero-order valence-corrected chi connectivity index (χ0v) is 23.4. The molecule has 1 unspecified atom stereocenters. The van der Waals surface area contributed by atoms with Crippen molar-refractivity contribution in [3.63, 3.8) is 0 Å². The monoisotopic (exact) mass is 603 g/mol. The molecule has 224 valence electrons. The van der Waals surface area contributed by atoms with Gasteiger partial charge in [-0.05, 0) is 55.0 Å². The van der Waals surface area contributed by atoms with E-state index in [-0.39, 0.29) is 30.7 Å². The first-order valence-corrected chi connectivity index (χ1v) is 14.3. The average molecular weight is 604 g/mol. The second-order valence-electron chi connectivity index (χ2n) is 9.49. The molecule has 4 rings (SSSR count). The third-order valence-corrected chi connectivity index (χ3v) is 7.23. The molecule has 2 aliphatic heterocycles. The second-order valence-corrected chi connectivity index (χ2v) is 10.5. The van der Waals surface area contributed by atoms with Crippen molar-refractivity contribution < 1.29 is 35.8 Å². The molecule has 0 radical (unpaired) electrons. The van der Waals surface area contributed by atoms with Crippen molar-refractivity contribution in [1.29, 1.82) is 0 Å². The van der Waals surface area contributed by atoms with Gasteiger partial charge in [-0.25, -0.2) is 9.97 Å². The molecule has 1 atom stereocenters. The second kappa shape index (κ2) is 13.2. The van der Waals surface area contributed by atoms with Gasteiger partial charge in [0.25, 0.3) is 0 Å². The van der Waals surface area contributed by atoms with Gasteiger partial charge in [-0.15, -0.1) is 0 Å². The molecule has 2 aliphatic rings. The van der Waals surface area contributed by atoms with Crippen molar-refractivity contribution >= 4 is 17.7 Å². The maximum absolute atomic E-state index is 13.6. The van der Waals surface area contributed by atoms with Crippen LogP contribution in [0.5, 0.6) is 5.75 Å². The molecule has 0 amide bonds.